The topological polar surface area (TPSA) is 0 Å². The van der Waals surface area contributed by atoms with Gasteiger partial charge in [-0.1, -0.05) is 35.8 Å². The lowest BCUT2D eigenvalue weighted by atomic mass is 9.91. The molecule has 0 saturated carbocycles. The molecule has 0 aliphatic heterocycles. The van der Waals surface area contributed by atoms with Crippen LogP contribution in [0.2, 0.25) is 0 Å². The molecular weight excluding hydrogens is 278 g/mol. The lowest BCUT2D eigenvalue weighted by molar-refractivity contribution is 0.421. The van der Waals surface area contributed by atoms with Crippen molar-refractivity contribution in [3.8, 4) is 0 Å². The molecule has 15 heavy (non-hydrogen) atoms. The van der Waals surface area contributed by atoms with Gasteiger partial charge in [-0.05, 0) is 36.0 Å². The Balaban J connectivity index is 2.79. The van der Waals surface area contributed by atoms with Crippen LogP contribution in [0.15, 0.2) is 22.7 Å². The summed E-state index contributed by atoms with van der Waals surface area (Å²) in [6.07, 6.45) is 0.891. The van der Waals surface area contributed by atoms with E-state index in [-0.39, 0.29) is 5.82 Å². The van der Waals surface area contributed by atoms with Crippen LogP contribution in [0.1, 0.15) is 19.4 Å². The lowest BCUT2D eigenvalue weighted by Crippen LogP contribution is -2.13. The summed E-state index contributed by atoms with van der Waals surface area (Å²) in [6.45, 7) is 4.31. The molecule has 0 aliphatic carbocycles. The molecule has 0 nitrogen and oxygen atoms in total. The number of halogens is 3. The number of benzene rings is 1. The van der Waals surface area contributed by atoms with Gasteiger partial charge in [0.2, 0.25) is 0 Å². The van der Waals surface area contributed by atoms with Crippen LogP contribution in [-0.4, -0.2) is 5.88 Å². The number of hydrogen-bond acceptors (Lipinski definition) is 0. The van der Waals surface area contributed by atoms with E-state index in [9.17, 15) is 4.39 Å². The van der Waals surface area contributed by atoms with Crippen molar-refractivity contribution in [2.45, 2.75) is 20.3 Å². The van der Waals surface area contributed by atoms with E-state index in [1.54, 1.807) is 0 Å². The molecule has 0 N–H and O–H groups in total. The van der Waals surface area contributed by atoms with E-state index in [2.05, 4.69) is 29.8 Å². The highest BCUT2D eigenvalue weighted by Crippen LogP contribution is 2.24. The van der Waals surface area contributed by atoms with Gasteiger partial charge >= 0.3 is 0 Å². The summed E-state index contributed by atoms with van der Waals surface area (Å²) in [7, 11) is 0. The second kappa shape index (κ2) is 5.86. The van der Waals surface area contributed by atoms with Gasteiger partial charge in [0.05, 0.1) is 0 Å². The Bertz CT molecular complexity index is 325. The maximum absolute atomic E-state index is 12.9. The highest BCUT2D eigenvalue weighted by Gasteiger charge is 2.14. The molecule has 0 heterocycles. The van der Waals surface area contributed by atoms with Gasteiger partial charge in [-0.2, -0.15) is 0 Å². The molecule has 1 aromatic rings. The SMILES string of the molecule is CC(C)C(CCl)Cc1ccc(F)cc1Br. The normalized spacial score (nSPS) is 13.2. The fourth-order valence-corrected chi connectivity index (χ4v) is 2.42. The zero-order chi connectivity index (χ0) is 11.4. The molecule has 0 spiro atoms. The average molecular weight is 294 g/mol. The molecule has 0 aromatic heterocycles. The molecule has 0 aliphatic rings. The largest absolute Gasteiger partial charge is 0.207 e. The van der Waals surface area contributed by atoms with Gasteiger partial charge < -0.3 is 0 Å². The molecule has 84 valence electrons. The zero-order valence-electron chi connectivity index (χ0n) is 8.93. The van der Waals surface area contributed by atoms with Gasteiger partial charge in [-0.25, -0.2) is 4.39 Å². The highest BCUT2D eigenvalue weighted by atomic mass is 79.9. The summed E-state index contributed by atoms with van der Waals surface area (Å²) < 4.78 is 13.7. The summed E-state index contributed by atoms with van der Waals surface area (Å²) >= 11 is 9.28. The quantitative estimate of drug-likeness (QED) is 0.709. The average Bonchev–Trinajstić information content (AvgIpc) is 2.16. The van der Waals surface area contributed by atoms with E-state index in [4.69, 9.17) is 11.6 Å². The standard InChI is InChI=1S/C12H15BrClF/c1-8(2)10(7-14)5-9-3-4-11(15)6-12(9)13/h3-4,6,8,10H,5,7H2,1-2H3. The van der Waals surface area contributed by atoms with E-state index in [0.717, 1.165) is 16.5 Å². The van der Waals surface area contributed by atoms with Crippen LogP contribution in [0.5, 0.6) is 0 Å². The van der Waals surface area contributed by atoms with Crippen LogP contribution in [-0.2, 0) is 6.42 Å². The predicted octanol–water partition coefficient (Wildman–Crippen LogP) is 4.64. The minimum Gasteiger partial charge on any atom is -0.207 e. The van der Waals surface area contributed by atoms with Crippen LogP contribution >= 0.6 is 27.5 Å². The highest BCUT2D eigenvalue weighted by molar-refractivity contribution is 9.10. The summed E-state index contributed by atoms with van der Waals surface area (Å²) in [5, 5.41) is 0. The van der Waals surface area contributed by atoms with Crippen molar-refractivity contribution in [1.29, 1.82) is 0 Å². The third-order valence-corrected chi connectivity index (χ3v) is 3.77. The maximum atomic E-state index is 12.9. The van der Waals surface area contributed by atoms with Crippen LogP contribution in [0.3, 0.4) is 0 Å². The van der Waals surface area contributed by atoms with Gasteiger partial charge in [-0.3, -0.25) is 0 Å². The molecule has 1 atom stereocenters. The summed E-state index contributed by atoms with van der Waals surface area (Å²) in [5.41, 5.74) is 1.12. The van der Waals surface area contributed by atoms with Crippen LogP contribution in [0.25, 0.3) is 0 Å². The van der Waals surface area contributed by atoms with E-state index >= 15 is 0 Å². The molecule has 3 heteroatoms. The van der Waals surface area contributed by atoms with Gasteiger partial charge in [0.15, 0.2) is 0 Å². The first-order chi connectivity index (χ1) is 7.04. The Labute approximate surface area is 104 Å². The monoisotopic (exact) mass is 292 g/mol. The molecule has 0 saturated heterocycles. The first kappa shape index (κ1) is 13.0. The summed E-state index contributed by atoms with van der Waals surface area (Å²) in [5.74, 6) is 1.41. The van der Waals surface area contributed by atoms with Crippen LogP contribution in [0.4, 0.5) is 4.39 Å². The van der Waals surface area contributed by atoms with E-state index in [0.29, 0.717) is 17.7 Å². The van der Waals surface area contributed by atoms with Crippen molar-refractivity contribution in [3.05, 3.63) is 34.1 Å². The van der Waals surface area contributed by atoms with Crippen molar-refractivity contribution in [1.82, 2.24) is 0 Å². The molecule has 1 aromatic carbocycles. The first-order valence-corrected chi connectivity index (χ1v) is 6.37. The Morgan fingerprint density at radius 3 is 2.53 bits per heavy atom. The molecule has 0 radical (unpaired) electrons. The van der Waals surface area contributed by atoms with Crippen molar-refractivity contribution in [2.24, 2.45) is 11.8 Å². The van der Waals surface area contributed by atoms with Crippen molar-refractivity contribution in [3.63, 3.8) is 0 Å². The van der Waals surface area contributed by atoms with Crippen LogP contribution in [0, 0.1) is 17.7 Å². The summed E-state index contributed by atoms with van der Waals surface area (Å²) in [4.78, 5) is 0. The molecule has 0 amide bonds. The Kier molecular flexibility index (Phi) is 5.07. The van der Waals surface area contributed by atoms with E-state index < -0.39 is 0 Å². The fourth-order valence-electron chi connectivity index (χ4n) is 1.44. The molecule has 0 bridgehead atoms. The molecule has 1 unspecified atom stereocenters. The van der Waals surface area contributed by atoms with Gasteiger partial charge in [0.25, 0.3) is 0 Å². The fraction of sp³-hybridized carbons (Fsp3) is 0.500. The zero-order valence-corrected chi connectivity index (χ0v) is 11.3. The predicted molar refractivity (Wildman–Crippen MR) is 66.9 cm³/mol. The number of alkyl halides is 1. The minimum atomic E-state index is -0.211. The third kappa shape index (κ3) is 3.76. The summed E-state index contributed by atoms with van der Waals surface area (Å²) in [6, 6.07) is 4.81. The maximum Gasteiger partial charge on any atom is 0.124 e. The lowest BCUT2D eigenvalue weighted by Gasteiger charge is -2.18. The minimum absolute atomic E-state index is 0.211. The molecule has 1 rings (SSSR count). The van der Waals surface area contributed by atoms with Crippen molar-refractivity contribution >= 4 is 27.5 Å². The number of rotatable bonds is 4. The van der Waals surface area contributed by atoms with Crippen molar-refractivity contribution < 1.29 is 4.39 Å². The Hall–Kier alpha value is -0.0800. The van der Waals surface area contributed by atoms with Crippen molar-refractivity contribution in [2.75, 3.05) is 5.88 Å². The second-order valence-corrected chi connectivity index (χ2v) is 5.26. The van der Waals surface area contributed by atoms with Crippen LogP contribution < -0.4 is 0 Å². The van der Waals surface area contributed by atoms with E-state index in [1.807, 2.05) is 6.07 Å². The van der Waals surface area contributed by atoms with E-state index in [1.165, 1.54) is 12.1 Å². The van der Waals surface area contributed by atoms with Gasteiger partial charge in [0.1, 0.15) is 5.82 Å². The number of hydrogen-bond donors (Lipinski definition) is 0. The van der Waals surface area contributed by atoms with Gasteiger partial charge in [0, 0.05) is 10.4 Å². The van der Waals surface area contributed by atoms with Gasteiger partial charge in [-0.15, -0.1) is 11.6 Å². The first-order valence-electron chi connectivity index (χ1n) is 5.04. The Morgan fingerprint density at radius 1 is 1.40 bits per heavy atom. The smallest absolute Gasteiger partial charge is 0.124 e. The third-order valence-electron chi connectivity index (χ3n) is 2.64. The molecule has 0 fully saturated rings. The second-order valence-electron chi connectivity index (χ2n) is 4.10. The molecular formula is C12H15BrClF. The Morgan fingerprint density at radius 2 is 2.07 bits per heavy atom.